The largest absolute Gasteiger partial charge is 0.459 e. The highest BCUT2D eigenvalue weighted by molar-refractivity contribution is 5.79. The molecule has 0 amide bonds. The van der Waals surface area contributed by atoms with Gasteiger partial charge < -0.3 is 14.2 Å². The molecule has 0 fully saturated rings. The summed E-state index contributed by atoms with van der Waals surface area (Å²) in [5.41, 5.74) is 4.41. The van der Waals surface area contributed by atoms with Crippen molar-refractivity contribution in [1.82, 2.24) is 10.3 Å². The topological polar surface area (TPSA) is 51.2 Å². The third kappa shape index (κ3) is 2.92. The summed E-state index contributed by atoms with van der Waals surface area (Å²) >= 11 is 0. The Morgan fingerprint density at radius 2 is 1.95 bits per heavy atom. The normalized spacial score (nSPS) is 12.9. The molecule has 3 rings (SSSR count). The van der Waals surface area contributed by atoms with Crippen molar-refractivity contribution in [3.63, 3.8) is 0 Å². The average Bonchev–Trinajstić information content (AvgIpc) is 3.11. The van der Waals surface area contributed by atoms with E-state index in [9.17, 15) is 0 Å². The minimum atomic E-state index is 0.120. The van der Waals surface area contributed by atoms with Crippen LogP contribution in [0.25, 0.3) is 11.0 Å². The first kappa shape index (κ1) is 14.9. The molecule has 0 aliphatic heterocycles. The van der Waals surface area contributed by atoms with Crippen molar-refractivity contribution in [2.45, 2.75) is 46.7 Å². The summed E-state index contributed by atoms with van der Waals surface area (Å²) in [6.07, 6.45) is 2.53. The summed E-state index contributed by atoms with van der Waals surface area (Å²) in [7, 11) is 0. The number of nitrogens with one attached hydrogen (secondary N) is 1. The van der Waals surface area contributed by atoms with E-state index in [2.05, 4.69) is 49.3 Å². The molecule has 116 valence electrons. The predicted octanol–water partition coefficient (Wildman–Crippen LogP) is 4.45. The second-order valence-electron chi connectivity index (χ2n) is 5.81. The van der Waals surface area contributed by atoms with E-state index in [1.165, 1.54) is 11.1 Å². The summed E-state index contributed by atoms with van der Waals surface area (Å²) in [5, 5.41) is 4.58. The molecule has 1 N–H and O–H groups in total. The molecular formula is C18H22N2O2. The SMILES string of the molecule is CCc1nc(CNC(C)c2cc3cc(C)c(C)cc3o2)co1. The lowest BCUT2D eigenvalue weighted by molar-refractivity contribution is 0.448. The van der Waals surface area contributed by atoms with E-state index in [-0.39, 0.29) is 6.04 Å². The van der Waals surface area contributed by atoms with Crippen LogP contribution in [-0.4, -0.2) is 4.98 Å². The fourth-order valence-electron chi connectivity index (χ4n) is 2.49. The van der Waals surface area contributed by atoms with Gasteiger partial charge in [-0.25, -0.2) is 4.98 Å². The minimum absolute atomic E-state index is 0.120. The predicted molar refractivity (Wildman–Crippen MR) is 86.8 cm³/mol. The summed E-state index contributed by atoms with van der Waals surface area (Å²) in [5.74, 6) is 1.72. The number of benzene rings is 1. The fourth-order valence-corrected chi connectivity index (χ4v) is 2.49. The molecule has 0 aliphatic rings. The van der Waals surface area contributed by atoms with Gasteiger partial charge >= 0.3 is 0 Å². The van der Waals surface area contributed by atoms with Crippen molar-refractivity contribution in [3.8, 4) is 0 Å². The molecule has 0 bridgehead atoms. The molecule has 3 aromatic rings. The lowest BCUT2D eigenvalue weighted by atomic mass is 10.1. The average molecular weight is 298 g/mol. The molecule has 4 nitrogen and oxygen atoms in total. The minimum Gasteiger partial charge on any atom is -0.459 e. The number of rotatable bonds is 5. The van der Waals surface area contributed by atoms with E-state index in [4.69, 9.17) is 8.83 Å². The number of fused-ring (bicyclic) bond motifs is 1. The molecule has 1 atom stereocenters. The van der Waals surface area contributed by atoms with Crippen molar-refractivity contribution in [1.29, 1.82) is 0 Å². The van der Waals surface area contributed by atoms with Crippen LogP contribution in [0.15, 0.2) is 33.3 Å². The number of aromatic nitrogens is 1. The second-order valence-corrected chi connectivity index (χ2v) is 5.81. The maximum atomic E-state index is 5.97. The van der Waals surface area contributed by atoms with Gasteiger partial charge in [-0.3, -0.25) is 0 Å². The van der Waals surface area contributed by atoms with Crippen LogP contribution in [0.4, 0.5) is 0 Å². The number of hydrogen-bond donors (Lipinski definition) is 1. The van der Waals surface area contributed by atoms with Gasteiger partial charge in [0.05, 0.1) is 11.7 Å². The van der Waals surface area contributed by atoms with Crippen LogP contribution >= 0.6 is 0 Å². The smallest absolute Gasteiger partial charge is 0.193 e. The Labute approximate surface area is 130 Å². The third-order valence-corrected chi connectivity index (χ3v) is 4.07. The molecule has 0 spiro atoms. The van der Waals surface area contributed by atoms with Gasteiger partial charge in [-0.2, -0.15) is 0 Å². The van der Waals surface area contributed by atoms with Crippen LogP contribution in [0.3, 0.4) is 0 Å². The van der Waals surface area contributed by atoms with Crippen molar-refractivity contribution in [2.24, 2.45) is 0 Å². The lowest BCUT2D eigenvalue weighted by Crippen LogP contribution is -2.17. The van der Waals surface area contributed by atoms with Gasteiger partial charge in [-0.05, 0) is 50.1 Å². The first-order chi connectivity index (χ1) is 10.6. The number of furan rings is 1. The maximum Gasteiger partial charge on any atom is 0.193 e. The Kier molecular flexibility index (Phi) is 4.03. The monoisotopic (exact) mass is 298 g/mol. The van der Waals surface area contributed by atoms with Crippen LogP contribution in [0, 0.1) is 13.8 Å². The third-order valence-electron chi connectivity index (χ3n) is 4.07. The molecule has 2 heterocycles. The molecule has 2 aromatic heterocycles. The summed E-state index contributed by atoms with van der Waals surface area (Å²) in [6, 6.07) is 6.51. The van der Waals surface area contributed by atoms with Crippen LogP contribution in [0.5, 0.6) is 0 Å². The molecule has 4 heteroatoms. The van der Waals surface area contributed by atoms with E-state index >= 15 is 0 Å². The van der Waals surface area contributed by atoms with Crippen molar-refractivity contribution in [3.05, 3.63) is 52.9 Å². The molecule has 0 radical (unpaired) electrons. The molecule has 0 saturated carbocycles. The Morgan fingerprint density at radius 1 is 1.18 bits per heavy atom. The van der Waals surface area contributed by atoms with Gasteiger partial charge in [-0.1, -0.05) is 6.92 Å². The van der Waals surface area contributed by atoms with Gasteiger partial charge in [0, 0.05) is 18.4 Å². The zero-order chi connectivity index (χ0) is 15.7. The Morgan fingerprint density at radius 3 is 2.68 bits per heavy atom. The Bertz CT molecular complexity index is 747. The summed E-state index contributed by atoms with van der Waals surface area (Å²) in [4.78, 5) is 4.40. The number of oxazole rings is 1. The second kappa shape index (κ2) is 5.97. The number of hydrogen-bond acceptors (Lipinski definition) is 4. The summed E-state index contributed by atoms with van der Waals surface area (Å²) < 4.78 is 11.3. The van der Waals surface area contributed by atoms with Gasteiger partial charge in [-0.15, -0.1) is 0 Å². The van der Waals surface area contributed by atoms with Crippen LogP contribution in [-0.2, 0) is 13.0 Å². The standard InChI is InChI=1S/C18H22N2O2/c1-5-18-20-15(10-21-18)9-19-13(4)16-8-14-6-11(2)12(3)7-17(14)22-16/h6-8,10,13,19H,5,9H2,1-4H3. The highest BCUT2D eigenvalue weighted by atomic mass is 16.3. The zero-order valence-corrected chi connectivity index (χ0v) is 13.6. The van der Waals surface area contributed by atoms with E-state index in [1.807, 2.05) is 6.92 Å². The number of aryl methyl sites for hydroxylation is 3. The van der Waals surface area contributed by atoms with E-state index < -0.39 is 0 Å². The van der Waals surface area contributed by atoms with Crippen molar-refractivity contribution in [2.75, 3.05) is 0 Å². The lowest BCUT2D eigenvalue weighted by Gasteiger charge is -2.09. The summed E-state index contributed by atoms with van der Waals surface area (Å²) in [6.45, 7) is 9.02. The zero-order valence-electron chi connectivity index (χ0n) is 13.6. The van der Waals surface area contributed by atoms with E-state index in [1.54, 1.807) is 6.26 Å². The number of nitrogens with zero attached hydrogens (tertiary/aromatic N) is 1. The Hall–Kier alpha value is -2.07. The van der Waals surface area contributed by atoms with E-state index in [0.717, 1.165) is 34.7 Å². The van der Waals surface area contributed by atoms with Crippen molar-refractivity contribution >= 4 is 11.0 Å². The fraction of sp³-hybridized carbons (Fsp3) is 0.389. The molecule has 22 heavy (non-hydrogen) atoms. The Balaban J connectivity index is 1.72. The van der Waals surface area contributed by atoms with Gasteiger partial charge in [0.15, 0.2) is 5.89 Å². The molecule has 1 unspecified atom stereocenters. The van der Waals surface area contributed by atoms with Crippen LogP contribution in [0.1, 0.15) is 48.4 Å². The van der Waals surface area contributed by atoms with Crippen LogP contribution in [0.2, 0.25) is 0 Å². The first-order valence-corrected chi connectivity index (χ1v) is 7.74. The van der Waals surface area contributed by atoms with E-state index in [0.29, 0.717) is 6.54 Å². The molecule has 0 saturated heterocycles. The van der Waals surface area contributed by atoms with Gasteiger partial charge in [0.25, 0.3) is 0 Å². The molecule has 1 aromatic carbocycles. The highest BCUT2D eigenvalue weighted by Gasteiger charge is 2.13. The highest BCUT2D eigenvalue weighted by Crippen LogP contribution is 2.26. The first-order valence-electron chi connectivity index (χ1n) is 7.74. The quantitative estimate of drug-likeness (QED) is 0.756. The maximum absolute atomic E-state index is 5.97. The van der Waals surface area contributed by atoms with Gasteiger partial charge in [0.1, 0.15) is 17.6 Å². The molecule has 0 aliphatic carbocycles. The van der Waals surface area contributed by atoms with Crippen LogP contribution < -0.4 is 5.32 Å². The molecular weight excluding hydrogens is 276 g/mol. The van der Waals surface area contributed by atoms with Crippen molar-refractivity contribution < 1.29 is 8.83 Å². The van der Waals surface area contributed by atoms with Gasteiger partial charge in [0.2, 0.25) is 0 Å².